The lowest BCUT2D eigenvalue weighted by molar-refractivity contribution is -0.207. The topological polar surface area (TPSA) is 156 Å². The van der Waals surface area contributed by atoms with Crippen LogP contribution in [0.4, 0.5) is 18.0 Å². The van der Waals surface area contributed by atoms with E-state index >= 15 is 0 Å². The molecule has 1 aromatic carbocycles. The molecule has 0 saturated heterocycles. The van der Waals surface area contributed by atoms with E-state index < -0.39 is 43.3 Å². The summed E-state index contributed by atoms with van der Waals surface area (Å²) in [7, 11) is 0. The fraction of sp³-hybridized carbons (Fsp3) is 0.273. The number of primary amides is 1. The molecule has 12 nitrogen and oxygen atoms in total. The monoisotopic (exact) mass is 586 g/mol. The van der Waals surface area contributed by atoms with E-state index in [2.05, 4.69) is 20.2 Å². The Hall–Kier alpha value is -3.95. The van der Waals surface area contributed by atoms with Gasteiger partial charge in [0.05, 0.1) is 11.6 Å². The average Bonchev–Trinajstić information content (AvgIpc) is 3.41. The quantitative estimate of drug-likeness (QED) is 0.319. The Labute approximate surface area is 227 Å². The molecule has 1 unspecified atom stereocenters. The van der Waals surface area contributed by atoms with Gasteiger partial charge in [0.25, 0.3) is 0 Å². The molecule has 0 saturated carbocycles. The van der Waals surface area contributed by atoms with Gasteiger partial charge in [0, 0.05) is 16.8 Å². The summed E-state index contributed by atoms with van der Waals surface area (Å²) in [5, 5.41) is 18.7. The van der Waals surface area contributed by atoms with Crippen LogP contribution >= 0.6 is 23.2 Å². The van der Waals surface area contributed by atoms with Crippen LogP contribution in [-0.4, -0.2) is 57.6 Å². The summed E-state index contributed by atoms with van der Waals surface area (Å²) in [6, 6.07) is 8.97. The van der Waals surface area contributed by atoms with Crippen LogP contribution in [0, 0.1) is 0 Å². The Morgan fingerprint density at radius 1 is 1.18 bits per heavy atom. The van der Waals surface area contributed by atoms with Crippen molar-refractivity contribution in [2.45, 2.75) is 38.4 Å². The number of aliphatic hydroxyl groups excluding tert-OH is 1. The van der Waals surface area contributed by atoms with E-state index in [1.807, 2.05) is 0 Å². The number of nitrogens with zero attached hydrogens (tertiary/aromatic N) is 7. The van der Waals surface area contributed by atoms with Crippen molar-refractivity contribution in [3.05, 3.63) is 74.8 Å². The molecule has 3 heterocycles. The molecule has 206 valence electrons. The summed E-state index contributed by atoms with van der Waals surface area (Å²) >= 11 is 12.2. The Kier molecular flexibility index (Phi) is 7.94. The highest BCUT2D eigenvalue weighted by atomic mass is 35.5. The van der Waals surface area contributed by atoms with Crippen LogP contribution in [0.25, 0.3) is 17.2 Å². The molecule has 4 aromatic rings. The van der Waals surface area contributed by atoms with Crippen LogP contribution in [0.2, 0.25) is 10.0 Å². The second-order valence-electron chi connectivity index (χ2n) is 8.12. The zero-order valence-electron chi connectivity index (χ0n) is 19.9. The number of aliphatic hydroxyl groups is 1. The summed E-state index contributed by atoms with van der Waals surface area (Å²) in [6.45, 7) is -0.0628. The fourth-order valence-electron chi connectivity index (χ4n) is 3.55. The first-order valence-corrected chi connectivity index (χ1v) is 11.8. The van der Waals surface area contributed by atoms with Gasteiger partial charge in [-0.05, 0) is 43.3 Å². The minimum absolute atomic E-state index is 0.0438. The third kappa shape index (κ3) is 6.21. The van der Waals surface area contributed by atoms with Crippen LogP contribution in [0.15, 0.2) is 47.4 Å². The molecule has 0 aliphatic rings. The number of halogens is 5. The van der Waals surface area contributed by atoms with E-state index in [1.165, 1.54) is 48.1 Å². The molecule has 1 amide bonds. The molecule has 0 bridgehead atoms. The number of aromatic nitrogens is 7. The first-order valence-electron chi connectivity index (χ1n) is 11.1. The molecule has 3 aromatic heterocycles. The van der Waals surface area contributed by atoms with Gasteiger partial charge in [-0.15, -0.1) is 10.2 Å². The van der Waals surface area contributed by atoms with E-state index in [4.69, 9.17) is 33.7 Å². The predicted molar refractivity (Wildman–Crippen MR) is 131 cm³/mol. The number of ether oxygens (including phenoxy) is 1. The molecule has 0 radical (unpaired) electrons. The van der Waals surface area contributed by atoms with Gasteiger partial charge in [-0.25, -0.2) is 24.2 Å². The lowest BCUT2D eigenvalue weighted by atomic mass is 10.2. The van der Waals surface area contributed by atoms with Crippen molar-refractivity contribution in [2.75, 3.05) is 0 Å². The van der Waals surface area contributed by atoms with E-state index in [0.717, 1.165) is 4.68 Å². The van der Waals surface area contributed by atoms with Crippen LogP contribution < -0.4 is 11.4 Å². The summed E-state index contributed by atoms with van der Waals surface area (Å²) in [5.41, 5.74) is 4.42. The summed E-state index contributed by atoms with van der Waals surface area (Å²) < 4.78 is 47.1. The molecule has 0 fully saturated rings. The lowest BCUT2D eigenvalue weighted by Gasteiger charge is -2.15. The number of hydrogen-bond acceptors (Lipinski definition) is 8. The van der Waals surface area contributed by atoms with Crippen LogP contribution in [0.5, 0.6) is 0 Å². The Morgan fingerprint density at radius 3 is 2.49 bits per heavy atom. The highest BCUT2D eigenvalue weighted by molar-refractivity contribution is 6.32. The molecule has 0 aliphatic carbocycles. The van der Waals surface area contributed by atoms with E-state index in [1.54, 1.807) is 6.07 Å². The third-order valence-electron chi connectivity index (χ3n) is 5.32. The van der Waals surface area contributed by atoms with E-state index in [-0.39, 0.29) is 33.9 Å². The van der Waals surface area contributed by atoms with E-state index in [9.17, 15) is 27.9 Å². The van der Waals surface area contributed by atoms with Crippen molar-refractivity contribution in [2.24, 2.45) is 5.73 Å². The normalized spacial score (nSPS) is 13.3. The summed E-state index contributed by atoms with van der Waals surface area (Å²) in [4.78, 5) is 33.0. The summed E-state index contributed by atoms with van der Waals surface area (Å²) in [6.07, 6.45) is -8.49. The Morgan fingerprint density at radius 2 is 1.87 bits per heavy atom. The zero-order valence-corrected chi connectivity index (χ0v) is 21.4. The van der Waals surface area contributed by atoms with Gasteiger partial charge >= 0.3 is 18.0 Å². The molecule has 4 rings (SSSR count). The molecule has 17 heteroatoms. The number of carbonyl (C=O) groups excluding carboxylic acids is 1. The van der Waals surface area contributed by atoms with Gasteiger partial charge in [0.2, 0.25) is 0 Å². The van der Waals surface area contributed by atoms with Gasteiger partial charge in [0.1, 0.15) is 6.54 Å². The number of hydrogen-bond donors (Lipinski definition) is 2. The number of benzene rings is 1. The van der Waals surface area contributed by atoms with Crippen molar-refractivity contribution in [1.82, 2.24) is 34.1 Å². The second kappa shape index (κ2) is 11.0. The molecule has 2 atom stereocenters. The molecule has 3 N–H and O–H groups in total. The van der Waals surface area contributed by atoms with Crippen LogP contribution in [0.3, 0.4) is 0 Å². The van der Waals surface area contributed by atoms with Gasteiger partial charge < -0.3 is 15.6 Å². The minimum atomic E-state index is -4.98. The van der Waals surface area contributed by atoms with Crippen LogP contribution in [0.1, 0.15) is 24.7 Å². The zero-order chi connectivity index (χ0) is 28.5. The number of nitrogens with two attached hydrogens (primary N) is 1. The molecule has 0 spiro atoms. The Balaban J connectivity index is 1.79. The highest BCUT2D eigenvalue weighted by Gasteiger charge is 2.39. The average molecular weight is 587 g/mol. The standard InChI is InChI=1S/C22H19Cl2F3N8O4/c1-11(39-20(28)37)17-30-16(31-35(17)19-14(24)3-2-8-29-19)10-34-21(38)33(9-15(36)22(25,26)27)18(32-34)12-4-6-13(23)7-5-12/h2-8,11,15,36H,9-10H2,1H3,(H2,28,37)/t11?,15-/m0/s1. The van der Waals surface area contributed by atoms with E-state index in [0.29, 0.717) is 9.59 Å². The third-order valence-corrected chi connectivity index (χ3v) is 5.87. The number of amides is 1. The van der Waals surface area contributed by atoms with Crippen molar-refractivity contribution in [1.29, 1.82) is 0 Å². The van der Waals surface area contributed by atoms with Crippen molar-refractivity contribution in [3.8, 4) is 17.2 Å². The number of carbonyl (C=O) groups is 1. The second-order valence-corrected chi connectivity index (χ2v) is 8.97. The molecular formula is C22H19Cl2F3N8O4. The van der Waals surface area contributed by atoms with Crippen molar-refractivity contribution in [3.63, 3.8) is 0 Å². The SMILES string of the molecule is CC(OC(N)=O)c1nc(Cn2nc(-c3ccc(Cl)cc3)n(C[C@H](O)C(F)(F)F)c2=O)nn1-c1ncccc1Cl. The first-order chi connectivity index (χ1) is 18.3. The maximum Gasteiger partial charge on any atom is 0.416 e. The summed E-state index contributed by atoms with van der Waals surface area (Å²) in [5.74, 6) is -0.0293. The fourth-order valence-corrected chi connectivity index (χ4v) is 3.87. The predicted octanol–water partition coefficient (Wildman–Crippen LogP) is 3.12. The molecular weight excluding hydrogens is 568 g/mol. The number of rotatable bonds is 8. The lowest BCUT2D eigenvalue weighted by Crippen LogP contribution is -2.37. The molecule has 0 aliphatic heterocycles. The smallest absolute Gasteiger partial charge is 0.416 e. The molecule has 39 heavy (non-hydrogen) atoms. The van der Waals surface area contributed by atoms with Crippen molar-refractivity contribution < 1.29 is 27.8 Å². The van der Waals surface area contributed by atoms with Crippen molar-refractivity contribution >= 4 is 29.3 Å². The minimum Gasteiger partial charge on any atom is -0.438 e. The largest absolute Gasteiger partial charge is 0.438 e. The van der Waals surface area contributed by atoms with Gasteiger partial charge in [-0.1, -0.05) is 23.2 Å². The first kappa shape index (κ1) is 28.1. The Bertz CT molecular complexity index is 1550. The maximum absolute atomic E-state index is 13.2. The van der Waals surface area contributed by atoms with Gasteiger partial charge in [0.15, 0.2) is 35.5 Å². The maximum atomic E-state index is 13.2. The van der Waals surface area contributed by atoms with Crippen LogP contribution in [-0.2, 0) is 17.8 Å². The highest BCUT2D eigenvalue weighted by Crippen LogP contribution is 2.25. The van der Waals surface area contributed by atoms with Gasteiger partial charge in [-0.2, -0.15) is 17.9 Å². The number of alkyl halides is 3. The number of pyridine rings is 1. The van der Waals surface area contributed by atoms with Gasteiger partial charge in [-0.3, -0.25) is 4.57 Å².